The van der Waals surface area contributed by atoms with Gasteiger partial charge in [0, 0.05) is 30.3 Å². The average Bonchev–Trinajstić information content (AvgIpc) is 3.71. The van der Waals surface area contributed by atoms with Crippen molar-refractivity contribution in [3.8, 4) is 21.6 Å². The van der Waals surface area contributed by atoms with Crippen LogP contribution in [0.4, 0.5) is 0 Å². The topological polar surface area (TPSA) is 25.8 Å². The van der Waals surface area contributed by atoms with Crippen LogP contribution in [0.15, 0.2) is 48.5 Å². The van der Waals surface area contributed by atoms with Gasteiger partial charge in [0.25, 0.3) is 0 Å². The molecule has 0 amide bonds. The van der Waals surface area contributed by atoms with Gasteiger partial charge in [-0.1, -0.05) is 115 Å². The Hall–Kier alpha value is -2.08. The molecule has 0 spiro atoms. The van der Waals surface area contributed by atoms with Gasteiger partial charge in [-0.2, -0.15) is 8.75 Å². The fraction of sp³-hybridized carbons (Fsp3) is 0.486. The van der Waals surface area contributed by atoms with Gasteiger partial charge in [-0.3, -0.25) is 0 Å². The van der Waals surface area contributed by atoms with Crippen LogP contribution in [0.1, 0.15) is 95.9 Å². The predicted octanol–water partition coefficient (Wildman–Crippen LogP) is 12.2. The summed E-state index contributed by atoms with van der Waals surface area (Å²) in [5, 5.41) is 0. The van der Waals surface area contributed by atoms with Gasteiger partial charge in [-0.05, 0) is 54.4 Å². The quantitative estimate of drug-likeness (QED) is 0.122. The maximum atomic E-state index is 4.77. The van der Waals surface area contributed by atoms with Crippen molar-refractivity contribution < 1.29 is 0 Å². The number of hydrogen-bond donors (Lipinski definition) is 0. The van der Waals surface area contributed by atoms with Crippen LogP contribution in [0.5, 0.6) is 0 Å². The lowest BCUT2D eigenvalue weighted by Gasteiger charge is -2.14. The van der Waals surface area contributed by atoms with Crippen LogP contribution in [0.25, 0.3) is 42.0 Å². The molecule has 2 atom stereocenters. The molecule has 2 nitrogen and oxygen atoms in total. The molecule has 5 rings (SSSR count). The van der Waals surface area contributed by atoms with Crippen LogP contribution in [0.2, 0.25) is 0 Å². The smallest absolute Gasteiger partial charge is 0.114 e. The second-order valence-corrected chi connectivity index (χ2v) is 14.2. The summed E-state index contributed by atoms with van der Waals surface area (Å²) in [4.78, 5) is 2.85. The Morgan fingerprint density at radius 3 is 2.00 bits per heavy atom. The van der Waals surface area contributed by atoms with Gasteiger partial charge in [0.15, 0.2) is 0 Å². The molecule has 3 heterocycles. The van der Waals surface area contributed by atoms with Crippen molar-refractivity contribution in [3.05, 3.63) is 59.0 Å². The highest BCUT2D eigenvalue weighted by molar-refractivity contribution is 7.29. The fourth-order valence-electron chi connectivity index (χ4n) is 5.91. The van der Waals surface area contributed by atoms with E-state index >= 15 is 0 Å². The van der Waals surface area contributed by atoms with E-state index in [-0.39, 0.29) is 0 Å². The van der Waals surface area contributed by atoms with E-state index in [9.17, 15) is 0 Å². The van der Waals surface area contributed by atoms with Crippen LogP contribution >= 0.6 is 34.4 Å². The minimum atomic E-state index is 0.813. The van der Waals surface area contributed by atoms with E-state index < -0.39 is 0 Å². The number of thiophene rings is 2. The molecule has 5 aromatic rings. The number of benzene rings is 2. The molecule has 0 aliphatic carbocycles. The van der Waals surface area contributed by atoms with Crippen LogP contribution in [0.3, 0.4) is 0 Å². The first-order valence-corrected chi connectivity index (χ1v) is 17.9. The Morgan fingerprint density at radius 2 is 1.32 bits per heavy atom. The van der Waals surface area contributed by atoms with Gasteiger partial charge in [0.2, 0.25) is 0 Å². The van der Waals surface area contributed by atoms with Gasteiger partial charge in [0.1, 0.15) is 11.0 Å². The number of fused-ring (bicyclic) bond motifs is 2. The zero-order chi connectivity index (χ0) is 27.9. The Balaban J connectivity index is 1.32. The zero-order valence-corrected chi connectivity index (χ0v) is 27.1. The molecule has 2 aromatic carbocycles. The highest BCUT2D eigenvalue weighted by Crippen LogP contribution is 2.42. The van der Waals surface area contributed by atoms with Gasteiger partial charge in [-0.25, -0.2) is 0 Å². The van der Waals surface area contributed by atoms with E-state index in [4.69, 9.17) is 8.75 Å². The first-order chi connectivity index (χ1) is 19.6. The van der Waals surface area contributed by atoms with Crippen molar-refractivity contribution in [2.24, 2.45) is 11.8 Å². The second kappa shape index (κ2) is 14.2. The van der Waals surface area contributed by atoms with Crippen molar-refractivity contribution in [2.75, 3.05) is 0 Å². The van der Waals surface area contributed by atoms with Crippen molar-refractivity contribution in [1.29, 1.82) is 0 Å². The molecule has 0 saturated heterocycles. The van der Waals surface area contributed by atoms with Gasteiger partial charge < -0.3 is 0 Å². The lowest BCUT2D eigenvalue weighted by atomic mass is 9.92. The summed E-state index contributed by atoms with van der Waals surface area (Å²) in [5.74, 6) is 1.67. The molecule has 0 fully saturated rings. The summed E-state index contributed by atoms with van der Waals surface area (Å²) < 4.78 is 12.4. The third-order valence-electron chi connectivity index (χ3n) is 8.62. The largest absolute Gasteiger partial charge is 0.172 e. The molecule has 40 heavy (non-hydrogen) atoms. The molecular formula is C35H44N2S3. The predicted molar refractivity (Wildman–Crippen MR) is 180 cm³/mol. The van der Waals surface area contributed by atoms with Crippen molar-refractivity contribution in [2.45, 2.75) is 98.3 Å². The number of aryl methyl sites for hydroxylation is 1. The molecule has 0 radical (unpaired) electrons. The first kappa shape index (κ1) is 29.4. The lowest BCUT2D eigenvalue weighted by molar-refractivity contribution is 0.422. The van der Waals surface area contributed by atoms with Crippen molar-refractivity contribution >= 4 is 54.8 Å². The Kier molecular flexibility index (Phi) is 10.4. The minimum absolute atomic E-state index is 0.813. The van der Waals surface area contributed by atoms with E-state index in [1.807, 2.05) is 22.7 Å². The summed E-state index contributed by atoms with van der Waals surface area (Å²) in [6.45, 7) is 9.28. The number of hydrogen-bond acceptors (Lipinski definition) is 5. The normalized spacial score (nSPS) is 13.4. The summed E-state index contributed by atoms with van der Waals surface area (Å²) in [5.41, 5.74) is 7.14. The molecule has 0 aliphatic heterocycles. The van der Waals surface area contributed by atoms with Gasteiger partial charge in [-0.15, -0.1) is 22.7 Å². The number of rotatable bonds is 15. The Labute approximate surface area is 253 Å². The molecule has 2 unspecified atom stereocenters. The third-order valence-corrected chi connectivity index (χ3v) is 11.5. The molecule has 0 aliphatic rings. The maximum Gasteiger partial charge on any atom is 0.114 e. The molecule has 3 aromatic heterocycles. The van der Waals surface area contributed by atoms with Crippen LogP contribution in [-0.4, -0.2) is 8.75 Å². The van der Waals surface area contributed by atoms with E-state index in [1.54, 1.807) is 4.88 Å². The molecule has 0 bridgehead atoms. The molecular weight excluding hydrogens is 545 g/mol. The van der Waals surface area contributed by atoms with Crippen LogP contribution in [0, 0.1) is 11.8 Å². The highest BCUT2D eigenvalue weighted by Gasteiger charge is 2.17. The summed E-state index contributed by atoms with van der Waals surface area (Å²) >= 11 is 5.22. The Morgan fingerprint density at radius 1 is 0.675 bits per heavy atom. The summed E-state index contributed by atoms with van der Waals surface area (Å²) in [6, 6.07) is 18.5. The van der Waals surface area contributed by atoms with E-state index in [0.717, 1.165) is 22.9 Å². The third kappa shape index (κ3) is 6.86. The molecule has 5 heteroatoms. The van der Waals surface area contributed by atoms with E-state index in [1.165, 1.54) is 119 Å². The van der Waals surface area contributed by atoms with E-state index in [2.05, 4.69) is 76.2 Å². The summed E-state index contributed by atoms with van der Waals surface area (Å²) in [6.07, 6.45) is 14.3. The fourth-order valence-corrected chi connectivity index (χ4v) is 9.05. The van der Waals surface area contributed by atoms with Crippen molar-refractivity contribution in [3.63, 3.8) is 0 Å². The maximum absolute atomic E-state index is 4.77. The van der Waals surface area contributed by atoms with Crippen LogP contribution in [-0.2, 0) is 12.8 Å². The van der Waals surface area contributed by atoms with Gasteiger partial charge in [0.05, 0.1) is 11.7 Å². The average molecular weight is 589 g/mol. The number of aromatic nitrogens is 2. The number of unbranched alkanes of at least 4 members (excludes halogenated alkanes) is 2. The van der Waals surface area contributed by atoms with Crippen molar-refractivity contribution in [1.82, 2.24) is 8.75 Å². The highest BCUT2D eigenvalue weighted by atomic mass is 32.1. The standard InChI is InChI=1S/C35H44N2S3/c1-5-9-11-24(7-3)13-14-26-15-17-27(18-16-26)29-19-20-30(35-34(29)36-40-37-35)31-23-33-32(39-31)22-28(38-33)21-25(8-4)12-10-6-2/h15-20,22-25H,5-14,21H2,1-4H3. The SMILES string of the molecule is CCCCC(CC)CCc1ccc(-c2ccc(-c3cc4sc(CC(CC)CCCC)cc4s3)c3nsnc23)cc1. The molecule has 0 N–H and O–H groups in total. The second-order valence-electron chi connectivity index (χ2n) is 11.4. The van der Waals surface area contributed by atoms with Gasteiger partial charge >= 0.3 is 0 Å². The minimum Gasteiger partial charge on any atom is -0.172 e. The summed E-state index contributed by atoms with van der Waals surface area (Å²) in [7, 11) is 0. The zero-order valence-electron chi connectivity index (χ0n) is 24.7. The molecule has 212 valence electrons. The Bertz CT molecular complexity index is 1460. The molecule has 0 saturated carbocycles. The lowest BCUT2D eigenvalue weighted by Crippen LogP contribution is -2.01. The first-order valence-electron chi connectivity index (χ1n) is 15.5. The monoisotopic (exact) mass is 588 g/mol. The number of nitrogens with zero attached hydrogens (tertiary/aromatic N) is 2. The van der Waals surface area contributed by atoms with Crippen LogP contribution < -0.4 is 0 Å². The van der Waals surface area contributed by atoms with E-state index in [0.29, 0.717) is 0 Å².